The van der Waals surface area contributed by atoms with Gasteiger partial charge >= 0.3 is 0 Å². The molecule has 0 radical (unpaired) electrons. The number of rotatable bonds is 0. The Labute approximate surface area is 285 Å². The highest BCUT2D eigenvalue weighted by Crippen LogP contribution is 2.16. The van der Waals surface area contributed by atoms with Crippen molar-refractivity contribution in [3.63, 3.8) is 0 Å². The van der Waals surface area contributed by atoms with Crippen LogP contribution in [0.2, 0.25) is 0 Å². The first-order chi connectivity index (χ1) is 23.5. The maximum absolute atomic E-state index is 5.14. The van der Waals surface area contributed by atoms with Crippen molar-refractivity contribution in [1.29, 1.82) is 0 Å². The third kappa shape index (κ3) is 12.2. The molecule has 48 heavy (non-hydrogen) atoms. The second-order valence-electron chi connectivity index (χ2n) is 9.20. The van der Waals surface area contributed by atoms with Crippen molar-refractivity contribution in [3.05, 3.63) is 121 Å². The summed E-state index contributed by atoms with van der Waals surface area (Å²) in [5, 5.41) is 0. The van der Waals surface area contributed by atoms with Gasteiger partial charge in [0.2, 0.25) is 0 Å². The third-order valence-electron chi connectivity index (χ3n) is 6.09. The van der Waals surface area contributed by atoms with Gasteiger partial charge < -0.3 is 17.7 Å². The molecule has 0 aliphatic carbocycles. The highest BCUT2D eigenvalue weighted by molar-refractivity contribution is 5.76. The van der Waals surface area contributed by atoms with Crippen LogP contribution in [0.5, 0.6) is 0 Å². The van der Waals surface area contributed by atoms with Gasteiger partial charge in [0, 0.05) is 0 Å². The predicted octanol–water partition coefficient (Wildman–Crippen LogP) is 12.6. The Hall–Kier alpha value is -5.24. The molecule has 0 saturated carbocycles. The lowest BCUT2D eigenvalue weighted by atomic mass is 10.2. The molecule has 4 aromatic carbocycles. The summed E-state index contributed by atoms with van der Waals surface area (Å²) in [6, 6.07) is 23.7. The second kappa shape index (κ2) is 23.1. The molecule has 4 heterocycles. The van der Waals surface area contributed by atoms with Crippen molar-refractivity contribution < 1.29 is 17.7 Å². The number of oxazole rings is 4. The number of aryl methyl sites for hydroxylation is 4. The topological polar surface area (TPSA) is 104 Å². The Balaban J connectivity index is 0.000000299. The first-order valence-electron chi connectivity index (χ1n) is 16.7. The van der Waals surface area contributed by atoms with Gasteiger partial charge in [0.05, 0.1) is 0 Å². The summed E-state index contributed by atoms with van der Waals surface area (Å²) in [4.78, 5) is 16.1. The van der Waals surface area contributed by atoms with Crippen LogP contribution in [0.4, 0.5) is 0 Å². The summed E-state index contributed by atoms with van der Waals surface area (Å²) in [5.41, 5.74) is 11.9. The lowest BCUT2D eigenvalue weighted by Gasteiger charge is -1.88. The van der Waals surface area contributed by atoms with Gasteiger partial charge in [-0.05, 0) is 86.3 Å². The van der Waals surface area contributed by atoms with Gasteiger partial charge in [-0.1, -0.05) is 91.8 Å². The van der Waals surface area contributed by atoms with Gasteiger partial charge in [0.1, 0.15) is 22.1 Å². The van der Waals surface area contributed by atoms with E-state index in [1.54, 1.807) is 0 Å². The Morgan fingerprint density at radius 1 is 0.396 bits per heavy atom. The molecule has 8 nitrogen and oxygen atoms in total. The average Bonchev–Trinajstić information content (AvgIpc) is 3.97. The van der Waals surface area contributed by atoms with Gasteiger partial charge in [-0.25, -0.2) is 19.9 Å². The van der Waals surface area contributed by atoms with Crippen LogP contribution < -0.4 is 0 Å². The Morgan fingerprint density at radius 2 is 0.917 bits per heavy atom. The predicted molar refractivity (Wildman–Crippen MR) is 200 cm³/mol. The molecule has 0 bridgehead atoms. The molecule has 0 unspecified atom stereocenters. The van der Waals surface area contributed by atoms with Crippen molar-refractivity contribution in [2.75, 3.05) is 0 Å². The normalized spacial score (nSPS) is 9.25. The first kappa shape index (κ1) is 40.8. The van der Waals surface area contributed by atoms with Crippen LogP contribution in [-0.2, 0) is 0 Å². The first-order valence-corrected chi connectivity index (χ1v) is 16.7. The zero-order valence-electron chi connectivity index (χ0n) is 30.7. The molecule has 8 heteroatoms. The molecule has 0 atom stereocenters. The number of nitrogens with zero attached hydrogens (tertiary/aromatic N) is 4. The zero-order valence-corrected chi connectivity index (χ0v) is 30.7. The van der Waals surface area contributed by atoms with Gasteiger partial charge in [0.15, 0.2) is 47.9 Å². The molecule has 0 amide bonds. The lowest BCUT2D eigenvalue weighted by Crippen LogP contribution is -1.72. The summed E-state index contributed by atoms with van der Waals surface area (Å²) in [5.74, 6) is 0. The fourth-order valence-corrected chi connectivity index (χ4v) is 3.99. The second-order valence-corrected chi connectivity index (χ2v) is 9.20. The van der Waals surface area contributed by atoms with Crippen LogP contribution >= 0.6 is 0 Å². The van der Waals surface area contributed by atoms with E-state index in [0.717, 1.165) is 55.5 Å². The molecule has 8 aromatic rings. The van der Waals surface area contributed by atoms with E-state index in [0.29, 0.717) is 0 Å². The monoisotopic (exact) mass is 652 g/mol. The van der Waals surface area contributed by atoms with Gasteiger partial charge in [-0.2, -0.15) is 0 Å². The van der Waals surface area contributed by atoms with Crippen molar-refractivity contribution >= 4 is 44.4 Å². The third-order valence-corrected chi connectivity index (χ3v) is 6.09. The molecule has 256 valence electrons. The van der Waals surface area contributed by atoms with E-state index < -0.39 is 0 Å². The minimum atomic E-state index is 0.852. The van der Waals surface area contributed by atoms with E-state index in [1.807, 2.05) is 156 Å². The van der Waals surface area contributed by atoms with Crippen molar-refractivity contribution in [3.8, 4) is 0 Å². The van der Waals surface area contributed by atoms with Crippen LogP contribution in [-0.4, -0.2) is 19.9 Å². The lowest BCUT2D eigenvalue weighted by molar-refractivity contribution is 0.599. The number of aromatic nitrogens is 4. The Morgan fingerprint density at radius 3 is 1.60 bits per heavy atom. The summed E-state index contributed by atoms with van der Waals surface area (Å²) >= 11 is 0. The molecule has 0 N–H and O–H groups in total. The molecular formula is C40H52N4O4. The van der Waals surface area contributed by atoms with E-state index in [4.69, 9.17) is 17.7 Å². The largest absolute Gasteiger partial charge is 0.443 e. The number of benzene rings is 4. The number of para-hydroxylation sites is 2. The van der Waals surface area contributed by atoms with E-state index in [9.17, 15) is 0 Å². The van der Waals surface area contributed by atoms with E-state index in [1.165, 1.54) is 36.7 Å². The fraction of sp³-hybridized carbons (Fsp3) is 0.300. The highest BCUT2D eigenvalue weighted by atomic mass is 16.3. The molecule has 0 aliphatic heterocycles. The smallest absolute Gasteiger partial charge is 0.181 e. The minimum absolute atomic E-state index is 0.852. The molecule has 0 fully saturated rings. The minimum Gasteiger partial charge on any atom is -0.443 e. The van der Waals surface area contributed by atoms with Crippen LogP contribution in [0.3, 0.4) is 0 Å². The highest BCUT2D eigenvalue weighted by Gasteiger charge is 1.99. The van der Waals surface area contributed by atoms with Crippen molar-refractivity contribution in [2.45, 2.75) is 83.1 Å². The van der Waals surface area contributed by atoms with E-state index in [2.05, 4.69) is 19.9 Å². The van der Waals surface area contributed by atoms with Crippen LogP contribution in [0.1, 0.15) is 77.6 Å². The summed E-state index contributed by atoms with van der Waals surface area (Å²) in [6.07, 6.45) is 5.86. The molecule has 0 aliphatic rings. The van der Waals surface area contributed by atoms with Gasteiger partial charge in [-0.3, -0.25) is 0 Å². The zero-order chi connectivity index (χ0) is 35.9. The van der Waals surface area contributed by atoms with Gasteiger partial charge in [0.25, 0.3) is 0 Å². The van der Waals surface area contributed by atoms with Gasteiger partial charge in [-0.15, -0.1) is 0 Å². The van der Waals surface area contributed by atoms with E-state index in [-0.39, 0.29) is 0 Å². The fourth-order valence-electron chi connectivity index (χ4n) is 3.99. The van der Waals surface area contributed by atoms with Crippen LogP contribution in [0.25, 0.3) is 44.4 Å². The van der Waals surface area contributed by atoms with E-state index >= 15 is 0 Å². The summed E-state index contributed by atoms with van der Waals surface area (Å²) in [6.45, 7) is 24.1. The molecule has 4 aromatic heterocycles. The summed E-state index contributed by atoms with van der Waals surface area (Å²) < 4.78 is 20.4. The van der Waals surface area contributed by atoms with Crippen LogP contribution in [0, 0.1) is 27.7 Å². The molecule has 0 spiro atoms. The quantitative estimate of drug-likeness (QED) is 0.159. The SMILES string of the molecule is CC.CC.CC.CC.Cc1ccc2ncoc2c1.Cc1ccc2ocnc2c1.Cc1cccc2ncoc12.Cc1cccc2ocnc12. The Kier molecular flexibility index (Phi) is 19.7. The summed E-state index contributed by atoms with van der Waals surface area (Å²) in [7, 11) is 0. The number of hydrogen-bond donors (Lipinski definition) is 0. The maximum Gasteiger partial charge on any atom is 0.181 e. The molecular weight excluding hydrogens is 600 g/mol. The maximum atomic E-state index is 5.14. The molecule has 8 rings (SSSR count). The Bertz CT molecular complexity index is 1840. The van der Waals surface area contributed by atoms with Crippen molar-refractivity contribution in [1.82, 2.24) is 19.9 Å². The van der Waals surface area contributed by atoms with Crippen molar-refractivity contribution in [2.24, 2.45) is 0 Å². The standard InChI is InChI=1S/4C8H7NO.4C2H6/c1-6-2-3-8-7(4-6)9-5-10-8;1-6-2-3-7-8(4-6)10-5-9-7;1-6-3-2-4-7-8(6)9-5-10-7;1-6-3-2-4-7-8(6)10-5-9-7;4*1-2/h4*2-5H,1H3;4*1-2H3. The number of fused-ring (bicyclic) bond motifs is 4. The molecule has 0 saturated heterocycles. The number of hydrogen-bond acceptors (Lipinski definition) is 8. The average molecular weight is 653 g/mol. The van der Waals surface area contributed by atoms with Crippen LogP contribution in [0.15, 0.2) is 116 Å².